The highest BCUT2D eigenvalue weighted by Gasteiger charge is 2.20. The van der Waals surface area contributed by atoms with Gasteiger partial charge in [0.15, 0.2) is 0 Å². The van der Waals surface area contributed by atoms with E-state index < -0.39 is 6.10 Å². The monoisotopic (exact) mass is 285 g/mol. The lowest BCUT2D eigenvalue weighted by Crippen LogP contribution is -2.46. The first-order valence-electron chi connectivity index (χ1n) is 6.81. The van der Waals surface area contributed by atoms with Gasteiger partial charge in [-0.25, -0.2) is 0 Å². The maximum Gasteiger partial charge on any atom is 0.138 e. The molecule has 0 radical (unpaired) electrons. The quantitative estimate of drug-likeness (QED) is 0.770. The standard InChI is InChI=1S/C15H24ClNO2/c1-4-15(3,5-2)17-10-12(18)11-19-14-9-7-6-8-13(14)16/h6-9,12,17-18H,4-5,10-11H2,1-3H3. The number of para-hydroxylation sites is 1. The van der Waals surface area contributed by atoms with Gasteiger partial charge in [-0.2, -0.15) is 0 Å². The van der Waals surface area contributed by atoms with Crippen LogP contribution in [0.2, 0.25) is 5.02 Å². The number of aliphatic hydroxyl groups excluding tert-OH is 1. The summed E-state index contributed by atoms with van der Waals surface area (Å²) in [7, 11) is 0. The molecule has 0 spiro atoms. The molecule has 0 heterocycles. The van der Waals surface area contributed by atoms with E-state index in [-0.39, 0.29) is 12.1 Å². The summed E-state index contributed by atoms with van der Waals surface area (Å²) >= 11 is 5.98. The van der Waals surface area contributed by atoms with Crippen LogP contribution in [0.25, 0.3) is 0 Å². The Hall–Kier alpha value is -0.770. The Labute approximate surface area is 120 Å². The Kier molecular flexibility index (Phi) is 6.63. The highest BCUT2D eigenvalue weighted by molar-refractivity contribution is 6.32. The molecular weight excluding hydrogens is 262 g/mol. The second-order valence-corrected chi connectivity index (χ2v) is 5.45. The van der Waals surface area contributed by atoms with Gasteiger partial charge in [0.25, 0.3) is 0 Å². The summed E-state index contributed by atoms with van der Waals surface area (Å²) in [6.07, 6.45) is 1.51. The maximum atomic E-state index is 9.93. The second kappa shape index (κ2) is 7.73. The predicted molar refractivity (Wildman–Crippen MR) is 79.9 cm³/mol. The Morgan fingerprint density at radius 1 is 1.32 bits per heavy atom. The number of benzene rings is 1. The molecule has 1 aromatic rings. The van der Waals surface area contributed by atoms with Crippen molar-refractivity contribution < 1.29 is 9.84 Å². The topological polar surface area (TPSA) is 41.5 Å². The summed E-state index contributed by atoms with van der Waals surface area (Å²) in [5.74, 6) is 0.608. The molecule has 0 aromatic heterocycles. The van der Waals surface area contributed by atoms with Crippen LogP contribution in [0.3, 0.4) is 0 Å². The molecule has 2 N–H and O–H groups in total. The van der Waals surface area contributed by atoms with Gasteiger partial charge in [-0.3, -0.25) is 0 Å². The zero-order valence-electron chi connectivity index (χ0n) is 11.9. The second-order valence-electron chi connectivity index (χ2n) is 5.04. The summed E-state index contributed by atoms with van der Waals surface area (Å²) in [5, 5.41) is 13.9. The highest BCUT2D eigenvalue weighted by Crippen LogP contribution is 2.23. The minimum absolute atomic E-state index is 0.0748. The van der Waals surface area contributed by atoms with E-state index in [0.717, 1.165) is 12.8 Å². The summed E-state index contributed by atoms with van der Waals surface area (Å²) in [6.45, 7) is 7.20. The molecule has 4 heteroatoms. The van der Waals surface area contributed by atoms with Crippen LogP contribution in [-0.2, 0) is 0 Å². The number of nitrogens with one attached hydrogen (secondary N) is 1. The van der Waals surface area contributed by atoms with Crippen LogP contribution in [0.5, 0.6) is 5.75 Å². The van der Waals surface area contributed by atoms with E-state index in [1.165, 1.54) is 0 Å². The number of ether oxygens (including phenoxy) is 1. The van der Waals surface area contributed by atoms with Crippen molar-refractivity contribution in [3.05, 3.63) is 29.3 Å². The van der Waals surface area contributed by atoms with Gasteiger partial charge in [-0.15, -0.1) is 0 Å². The Bertz CT molecular complexity index is 380. The largest absolute Gasteiger partial charge is 0.489 e. The number of halogens is 1. The Balaban J connectivity index is 2.36. The van der Waals surface area contributed by atoms with Gasteiger partial charge in [-0.1, -0.05) is 37.6 Å². The Morgan fingerprint density at radius 3 is 2.53 bits per heavy atom. The van der Waals surface area contributed by atoms with Gasteiger partial charge in [0, 0.05) is 12.1 Å². The molecule has 0 saturated carbocycles. The average molecular weight is 286 g/mol. The number of hydrogen-bond donors (Lipinski definition) is 2. The first kappa shape index (κ1) is 16.3. The lowest BCUT2D eigenvalue weighted by Gasteiger charge is -2.29. The van der Waals surface area contributed by atoms with Crippen LogP contribution in [0.4, 0.5) is 0 Å². The minimum atomic E-state index is -0.548. The average Bonchev–Trinajstić information content (AvgIpc) is 2.44. The third-order valence-electron chi connectivity index (χ3n) is 3.59. The first-order valence-corrected chi connectivity index (χ1v) is 7.19. The zero-order chi connectivity index (χ0) is 14.3. The fraction of sp³-hybridized carbons (Fsp3) is 0.600. The highest BCUT2D eigenvalue weighted by atomic mass is 35.5. The molecule has 1 atom stereocenters. The molecule has 1 aromatic carbocycles. The van der Waals surface area contributed by atoms with Gasteiger partial charge in [-0.05, 0) is 31.9 Å². The number of hydrogen-bond acceptors (Lipinski definition) is 3. The molecule has 0 amide bonds. The van der Waals surface area contributed by atoms with Crippen molar-refractivity contribution in [1.29, 1.82) is 0 Å². The van der Waals surface area contributed by atoms with Crippen molar-refractivity contribution in [1.82, 2.24) is 5.32 Å². The molecule has 108 valence electrons. The van der Waals surface area contributed by atoms with Crippen molar-refractivity contribution >= 4 is 11.6 Å². The van der Waals surface area contributed by atoms with E-state index in [2.05, 4.69) is 26.1 Å². The van der Waals surface area contributed by atoms with E-state index >= 15 is 0 Å². The molecular formula is C15H24ClNO2. The Morgan fingerprint density at radius 2 is 1.95 bits per heavy atom. The van der Waals surface area contributed by atoms with Crippen LogP contribution in [-0.4, -0.2) is 29.9 Å². The van der Waals surface area contributed by atoms with Crippen molar-refractivity contribution in [2.45, 2.75) is 45.3 Å². The smallest absolute Gasteiger partial charge is 0.138 e. The van der Waals surface area contributed by atoms with Gasteiger partial charge in [0.2, 0.25) is 0 Å². The molecule has 0 aliphatic carbocycles. The van der Waals surface area contributed by atoms with Gasteiger partial charge >= 0.3 is 0 Å². The van der Waals surface area contributed by atoms with Crippen molar-refractivity contribution in [3.8, 4) is 5.75 Å². The first-order chi connectivity index (χ1) is 9.00. The predicted octanol–water partition coefficient (Wildman–Crippen LogP) is 3.25. The van der Waals surface area contributed by atoms with E-state index in [9.17, 15) is 5.11 Å². The SMILES string of the molecule is CCC(C)(CC)NCC(O)COc1ccccc1Cl. The summed E-state index contributed by atoms with van der Waals surface area (Å²) in [6, 6.07) is 7.27. The fourth-order valence-corrected chi connectivity index (χ4v) is 1.86. The molecule has 0 saturated heterocycles. The van der Waals surface area contributed by atoms with E-state index in [4.69, 9.17) is 16.3 Å². The molecule has 1 rings (SSSR count). The maximum absolute atomic E-state index is 9.93. The lowest BCUT2D eigenvalue weighted by molar-refractivity contribution is 0.0967. The summed E-state index contributed by atoms with van der Waals surface area (Å²) in [5.41, 5.74) is 0.0748. The van der Waals surface area contributed by atoms with Crippen molar-refractivity contribution in [3.63, 3.8) is 0 Å². The number of aliphatic hydroxyl groups is 1. The molecule has 3 nitrogen and oxygen atoms in total. The summed E-state index contributed by atoms with van der Waals surface area (Å²) in [4.78, 5) is 0. The zero-order valence-corrected chi connectivity index (χ0v) is 12.7. The number of β-amino-alcohol motifs (C(OH)–C–C–N with tert-alkyl or cyclic N) is 1. The summed E-state index contributed by atoms with van der Waals surface area (Å²) < 4.78 is 5.51. The minimum Gasteiger partial charge on any atom is -0.489 e. The van der Waals surface area contributed by atoms with Gasteiger partial charge in [0.1, 0.15) is 18.5 Å². The van der Waals surface area contributed by atoms with Crippen LogP contribution in [0, 0.1) is 0 Å². The third-order valence-corrected chi connectivity index (χ3v) is 3.91. The van der Waals surface area contributed by atoms with E-state index in [1.807, 2.05) is 12.1 Å². The lowest BCUT2D eigenvalue weighted by atomic mass is 9.95. The molecule has 0 bridgehead atoms. The van der Waals surface area contributed by atoms with E-state index in [1.54, 1.807) is 12.1 Å². The fourth-order valence-electron chi connectivity index (χ4n) is 1.67. The molecule has 0 fully saturated rings. The van der Waals surface area contributed by atoms with Crippen LogP contribution >= 0.6 is 11.6 Å². The van der Waals surface area contributed by atoms with Gasteiger partial charge in [0.05, 0.1) is 5.02 Å². The van der Waals surface area contributed by atoms with Crippen LogP contribution in [0.1, 0.15) is 33.6 Å². The van der Waals surface area contributed by atoms with Gasteiger partial charge < -0.3 is 15.2 Å². The van der Waals surface area contributed by atoms with Crippen LogP contribution < -0.4 is 10.1 Å². The molecule has 0 aliphatic heterocycles. The van der Waals surface area contributed by atoms with Crippen molar-refractivity contribution in [2.24, 2.45) is 0 Å². The molecule has 0 aliphatic rings. The number of rotatable bonds is 8. The van der Waals surface area contributed by atoms with Crippen LogP contribution in [0.15, 0.2) is 24.3 Å². The van der Waals surface area contributed by atoms with Crippen molar-refractivity contribution in [2.75, 3.05) is 13.2 Å². The molecule has 19 heavy (non-hydrogen) atoms. The normalized spacial score (nSPS) is 13.3. The van der Waals surface area contributed by atoms with E-state index in [0.29, 0.717) is 17.3 Å². The molecule has 1 unspecified atom stereocenters. The third kappa shape index (κ3) is 5.39.